The molecule has 0 saturated carbocycles. The van der Waals surface area contributed by atoms with Crippen LogP contribution in [0.1, 0.15) is 6.42 Å². The van der Waals surface area contributed by atoms with Crippen LogP contribution in [0.5, 0.6) is 0 Å². The van der Waals surface area contributed by atoms with Crippen LogP contribution in [0.25, 0.3) is 0 Å². The second-order valence-corrected chi connectivity index (χ2v) is 5.02. The summed E-state index contributed by atoms with van der Waals surface area (Å²) < 4.78 is 10.1. The summed E-state index contributed by atoms with van der Waals surface area (Å²) in [6.45, 7) is -0.725. The van der Waals surface area contributed by atoms with Gasteiger partial charge in [-0.05, 0) is 6.08 Å². The summed E-state index contributed by atoms with van der Waals surface area (Å²) in [5.41, 5.74) is -0.325. The standard InChI is InChI=1S/C14H17NO10/c15-4-7(6(3-10(19)20)1-2-9(17)18)24-14-13(23)12(22)11(21)8(5-16)25-14/h1-2,8,11-14,16,21-23H,3,5H2,(H,17,18)(H,19,20). The predicted octanol–water partition coefficient (Wildman–Crippen LogP) is -2.30. The molecule has 1 fully saturated rings. The molecule has 0 spiro atoms. The van der Waals surface area contributed by atoms with Crippen molar-refractivity contribution in [2.45, 2.75) is 37.1 Å². The first-order valence-electron chi connectivity index (χ1n) is 6.94. The number of carboxylic acid groups (broad SMARTS) is 2. The molecule has 1 aliphatic rings. The van der Waals surface area contributed by atoms with Crippen molar-refractivity contribution in [1.29, 1.82) is 5.26 Å². The Labute approximate surface area is 141 Å². The van der Waals surface area contributed by atoms with Crippen LogP contribution >= 0.6 is 0 Å². The van der Waals surface area contributed by atoms with E-state index in [-0.39, 0.29) is 5.57 Å². The number of hydrogen-bond acceptors (Lipinski definition) is 9. The molecule has 0 aliphatic carbocycles. The molecule has 138 valence electrons. The summed E-state index contributed by atoms with van der Waals surface area (Å²) in [7, 11) is 0. The molecule has 6 N–H and O–H groups in total. The van der Waals surface area contributed by atoms with Crippen LogP contribution < -0.4 is 0 Å². The lowest BCUT2D eigenvalue weighted by molar-refractivity contribution is -0.290. The van der Waals surface area contributed by atoms with Crippen molar-refractivity contribution in [1.82, 2.24) is 0 Å². The highest BCUT2D eigenvalue weighted by molar-refractivity contribution is 5.81. The lowest BCUT2D eigenvalue weighted by Crippen LogP contribution is -2.59. The number of carbonyl (C=O) groups is 2. The van der Waals surface area contributed by atoms with Crippen molar-refractivity contribution in [2.24, 2.45) is 0 Å². The maximum Gasteiger partial charge on any atom is 0.328 e. The second-order valence-electron chi connectivity index (χ2n) is 5.02. The molecule has 5 atom stereocenters. The van der Waals surface area contributed by atoms with Crippen LogP contribution in [0, 0.1) is 11.3 Å². The molecule has 1 rings (SSSR count). The van der Waals surface area contributed by atoms with Crippen molar-refractivity contribution in [3.05, 3.63) is 23.5 Å². The fraction of sp³-hybridized carbons (Fsp3) is 0.500. The Morgan fingerprint density at radius 2 is 1.76 bits per heavy atom. The number of hydrogen-bond donors (Lipinski definition) is 6. The number of rotatable bonds is 7. The third-order valence-corrected chi connectivity index (χ3v) is 3.24. The largest absolute Gasteiger partial charge is 0.481 e. The minimum atomic E-state index is -1.81. The Balaban J connectivity index is 3.12. The second kappa shape index (κ2) is 9.11. The summed E-state index contributed by atoms with van der Waals surface area (Å²) in [6, 6.07) is 1.51. The van der Waals surface area contributed by atoms with Crippen molar-refractivity contribution in [2.75, 3.05) is 6.61 Å². The van der Waals surface area contributed by atoms with Crippen LogP contribution in [-0.2, 0) is 19.1 Å². The van der Waals surface area contributed by atoms with Gasteiger partial charge in [-0.15, -0.1) is 0 Å². The highest BCUT2D eigenvalue weighted by atomic mass is 16.7. The summed E-state index contributed by atoms with van der Waals surface area (Å²) in [5.74, 6) is -3.44. The first-order valence-corrected chi connectivity index (χ1v) is 6.94. The molecule has 25 heavy (non-hydrogen) atoms. The fourth-order valence-electron chi connectivity index (χ4n) is 2.00. The first-order chi connectivity index (χ1) is 11.7. The number of aliphatic carboxylic acids is 2. The maximum atomic E-state index is 10.9. The SMILES string of the molecule is N#CC(OC1OC(CO)C(O)C(O)C1O)=C(C=CC(=O)O)CC(=O)O. The Morgan fingerprint density at radius 3 is 2.24 bits per heavy atom. The third-order valence-electron chi connectivity index (χ3n) is 3.24. The van der Waals surface area contributed by atoms with E-state index in [0.29, 0.717) is 6.08 Å². The van der Waals surface area contributed by atoms with E-state index in [9.17, 15) is 24.9 Å². The number of nitrogens with zero attached hydrogens (tertiary/aromatic N) is 1. The summed E-state index contributed by atoms with van der Waals surface area (Å²) >= 11 is 0. The van der Waals surface area contributed by atoms with Crippen molar-refractivity contribution in [3.8, 4) is 6.07 Å². The maximum absolute atomic E-state index is 10.9. The molecule has 1 aliphatic heterocycles. The predicted molar refractivity (Wildman–Crippen MR) is 76.5 cm³/mol. The van der Waals surface area contributed by atoms with E-state index in [1.165, 1.54) is 6.07 Å². The number of ether oxygens (including phenoxy) is 2. The third kappa shape index (κ3) is 5.52. The number of allylic oxidation sites excluding steroid dienone is 2. The molecule has 5 unspecified atom stereocenters. The molecule has 0 amide bonds. The van der Waals surface area contributed by atoms with E-state index >= 15 is 0 Å². The monoisotopic (exact) mass is 359 g/mol. The number of carboxylic acids is 2. The van der Waals surface area contributed by atoms with Crippen molar-refractivity contribution >= 4 is 11.9 Å². The average Bonchev–Trinajstić information content (AvgIpc) is 2.55. The summed E-state index contributed by atoms with van der Waals surface area (Å²) in [4.78, 5) is 21.4. The molecule has 0 aromatic heterocycles. The molecule has 0 aromatic carbocycles. The number of aliphatic hydroxyl groups excluding tert-OH is 4. The summed E-state index contributed by atoms with van der Waals surface area (Å²) in [6.07, 6.45) is -7.54. The van der Waals surface area contributed by atoms with Crippen molar-refractivity contribution in [3.63, 3.8) is 0 Å². The highest BCUT2D eigenvalue weighted by Crippen LogP contribution is 2.25. The lowest BCUT2D eigenvalue weighted by Gasteiger charge is -2.39. The smallest absolute Gasteiger partial charge is 0.328 e. The summed E-state index contributed by atoms with van der Waals surface area (Å²) in [5, 5.41) is 64.8. The minimum absolute atomic E-state index is 0.325. The van der Waals surface area contributed by atoms with Crippen LogP contribution in [0.4, 0.5) is 0 Å². The van der Waals surface area contributed by atoms with E-state index in [1.807, 2.05) is 0 Å². The van der Waals surface area contributed by atoms with Gasteiger partial charge < -0.3 is 40.1 Å². The quantitative estimate of drug-likeness (QED) is 0.124. The molecule has 11 heteroatoms. The molecule has 0 aromatic rings. The molecule has 0 bridgehead atoms. The van der Waals surface area contributed by atoms with E-state index in [4.69, 9.17) is 30.1 Å². The topological polar surface area (TPSA) is 198 Å². The molecule has 11 nitrogen and oxygen atoms in total. The normalized spacial score (nSPS) is 30.4. The van der Waals surface area contributed by atoms with Gasteiger partial charge in [-0.25, -0.2) is 4.79 Å². The molecular formula is C14H17NO10. The molecule has 0 radical (unpaired) electrons. The fourth-order valence-corrected chi connectivity index (χ4v) is 2.00. The van der Waals surface area contributed by atoms with Crippen LogP contribution in [0.15, 0.2) is 23.5 Å². The zero-order valence-electron chi connectivity index (χ0n) is 12.7. The van der Waals surface area contributed by atoms with Gasteiger partial charge in [-0.2, -0.15) is 5.26 Å². The van der Waals surface area contributed by atoms with Crippen LogP contribution in [0.3, 0.4) is 0 Å². The van der Waals surface area contributed by atoms with Gasteiger partial charge in [0, 0.05) is 11.6 Å². The average molecular weight is 359 g/mol. The van der Waals surface area contributed by atoms with E-state index in [2.05, 4.69) is 0 Å². The molecule has 1 saturated heterocycles. The van der Waals surface area contributed by atoms with Gasteiger partial charge in [0.2, 0.25) is 12.0 Å². The van der Waals surface area contributed by atoms with E-state index in [1.54, 1.807) is 0 Å². The van der Waals surface area contributed by atoms with Gasteiger partial charge in [-0.3, -0.25) is 4.79 Å². The Hall–Kier alpha value is -2.49. The lowest BCUT2D eigenvalue weighted by atomic mass is 9.99. The van der Waals surface area contributed by atoms with Gasteiger partial charge in [0.15, 0.2) is 0 Å². The van der Waals surface area contributed by atoms with E-state index < -0.39 is 61.4 Å². The van der Waals surface area contributed by atoms with Gasteiger partial charge in [0.1, 0.15) is 30.5 Å². The first kappa shape index (κ1) is 20.6. The van der Waals surface area contributed by atoms with Crippen LogP contribution in [-0.4, -0.2) is 79.9 Å². The van der Waals surface area contributed by atoms with Gasteiger partial charge in [0.25, 0.3) is 0 Å². The molecular weight excluding hydrogens is 342 g/mol. The Bertz CT molecular complexity index is 605. The van der Waals surface area contributed by atoms with Gasteiger partial charge in [0.05, 0.1) is 13.0 Å². The highest BCUT2D eigenvalue weighted by Gasteiger charge is 2.45. The zero-order chi connectivity index (χ0) is 19.1. The van der Waals surface area contributed by atoms with Gasteiger partial charge in [-0.1, -0.05) is 0 Å². The Morgan fingerprint density at radius 1 is 1.12 bits per heavy atom. The molecule has 1 heterocycles. The zero-order valence-corrected chi connectivity index (χ0v) is 12.7. The van der Waals surface area contributed by atoms with Crippen molar-refractivity contribution < 1.29 is 49.7 Å². The number of nitriles is 1. The van der Waals surface area contributed by atoms with Gasteiger partial charge >= 0.3 is 11.9 Å². The van der Waals surface area contributed by atoms with E-state index in [0.717, 1.165) is 6.08 Å². The van der Waals surface area contributed by atoms with Crippen LogP contribution in [0.2, 0.25) is 0 Å². The Kier molecular flexibility index (Phi) is 7.49. The number of aliphatic hydroxyl groups is 4. The minimum Gasteiger partial charge on any atom is -0.481 e.